The molecule has 1 fully saturated rings. The topological polar surface area (TPSA) is 74.3 Å². The second kappa shape index (κ2) is 9.57. The molecule has 0 unspecified atom stereocenters. The number of carbonyl (C=O) groups excluding carboxylic acids is 1. The Morgan fingerprint density at radius 1 is 1.22 bits per heavy atom. The van der Waals surface area contributed by atoms with Gasteiger partial charge < -0.3 is 29.7 Å². The summed E-state index contributed by atoms with van der Waals surface area (Å²) >= 11 is 0. The number of aliphatic hydroxyl groups is 1. The van der Waals surface area contributed by atoms with Gasteiger partial charge in [-0.2, -0.15) is 0 Å². The van der Waals surface area contributed by atoms with Crippen LogP contribution in [0.3, 0.4) is 0 Å². The monoisotopic (exact) mass is 507 g/mol. The van der Waals surface area contributed by atoms with Crippen molar-refractivity contribution in [1.29, 1.82) is 0 Å². The van der Waals surface area contributed by atoms with Crippen LogP contribution in [0.1, 0.15) is 60.0 Å². The molecule has 196 valence electrons. The van der Waals surface area contributed by atoms with Crippen LogP contribution in [0.5, 0.6) is 5.75 Å². The van der Waals surface area contributed by atoms with Crippen molar-refractivity contribution in [3.8, 4) is 5.75 Å². The average molecular weight is 508 g/mol. The minimum Gasteiger partial charge on any atom is -0.405 e. The quantitative estimate of drug-likeness (QED) is 0.613. The summed E-state index contributed by atoms with van der Waals surface area (Å²) in [5, 5.41) is 13.1. The summed E-state index contributed by atoms with van der Waals surface area (Å²) in [6, 6.07) is 9.19. The van der Waals surface area contributed by atoms with Crippen LogP contribution in [0.4, 0.5) is 18.9 Å². The van der Waals surface area contributed by atoms with Crippen molar-refractivity contribution in [2.24, 2.45) is 0 Å². The van der Waals surface area contributed by atoms with E-state index in [1.165, 1.54) is 6.07 Å². The minimum absolute atomic E-state index is 0.109. The lowest BCUT2D eigenvalue weighted by atomic mass is 9.86. The van der Waals surface area contributed by atoms with Crippen LogP contribution in [0.2, 0.25) is 0 Å². The fraction of sp³-hybridized carbons (Fsp3) is 0.500. The van der Waals surface area contributed by atoms with E-state index >= 15 is 0 Å². The highest BCUT2D eigenvalue weighted by Gasteiger charge is 2.35. The van der Waals surface area contributed by atoms with Crippen molar-refractivity contribution in [1.82, 2.24) is 10.2 Å². The van der Waals surface area contributed by atoms with E-state index in [1.54, 1.807) is 37.3 Å². The van der Waals surface area contributed by atoms with Crippen molar-refractivity contribution in [2.75, 3.05) is 38.7 Å². The zero-order valence-electron chi connectivity index (χ0n) is 21.0. The number of likely N-dealkylation sites (N-methyl/N-ethyl adjacent to an activating group) is 1. The maximum absolute atomic E-state index is 13.2. The van der Waals surface area contributed by atoms with Crippen LogP contribution in [0.25, 0.3) is 0 Å². The van der Waals surface area contributed by atoms with Crippen LogP contribution in [0, 0.1) is 0 Å². The predicted molar refractivity (Wildman–Crippen MR) is 129 cm³/mol. The second-order valence-electron chi connectivity index (χ2n) is 10.1. The Bertz CT molecular complexity index is 1130. The van der Waals surface area contributed by atoms with E-state index in [4.69, 9.17) is 4.74 Å². The molecule has 0 aliphatic carbocycles. The van der Waals surface area contributed by atoms with Gasteiger partial charge in [0.25, 0.3) is 5.91 Å². The maximum atomic E-state index is 13.2. The van der Waals surface area contributed by atoms with Gasteiger partial charge in [-0.05, 0) is 64.2 Å². The van der Waals surface area contributed by atoms with Gasteiger partial charge in [0.15, 0.2) is 0 Å². The molecule has 0 aromatic heterocycles. The summed E-state index contributed by atoms with van der Waals surface area (Å²) in [5.41, 5.74) is 1.91. The largest absolute Gasteiger partial charge is 0.573 e. The Hall–Kier alpha value is -2.82. The standard InChI is InChI=1S/C26H32F3N3O4/c1-15(30-24(34)16-6-9-21-20(10-16)22(33)14-35-25(21,2)3)19-8-7-17(11-23(19)36-26(27,28)29)32-12-18(13-32)31(4)5/h6-11,15,18,22,33H,12-14H2,1-5H3,(H,30,34)/t15-,22+/m0/s1. The highest BCUT2D eigenvalue weighted by atomic mass is 19.4. The fourth-order valence-corrected chi connectivity index (χ4v) is 4.62. The van der Waals surface area contributed by atoms with Crippen LogP contribution >= 0.6 is 0 Å². The number of benzene rings is 2. The molecule has 4 rings (SSSR count). The number of hydrogen-bond acceptors (Lipinski definition) is 6. The third-order valence-corrected chi connectivity index (χ3v) is 6.92. The van der Waals surface area contributed by atoms with Gasteiger partial charge in [-0.15, -0.1) is 13.2 Å². The molecule has 0 radical (unpaired) electrons. The summed E-state index contributed by atoms with van der Waals surface area (Å²) in [6.45, 7) is 6.88. The molecule has 2 aromatic carbocycles. The average Bonchev–Trinajstić information content (AvgIpc) is 2.74. The highest BCUT2D eigenvalue weighted by molar-refractivity contribution is 5.94. The SMILES string of the molecule is C[C@H](NC(=O)c1ccc2c(c1)[C@H](O)COC2(C)C)c1ccc(N2CC(N(C)C)C2)cc1OC(F)(F)F. The number of nitrogens with zero attached hydrogens (tertiary/aromatic N) is 2. The van der Waals surface area contributed by atoms with Crippen LogP contribution < -0.4 is 15.0 Å². The van der Waals surface area contributed by atoms with E-state index in [1.807, 2.05) is 32.8 Å². The molecule has 2 heterocycles. The van der Waals surface area contributed by atoms with Gasteiger partial charge in [-0.3, -0.25) is 4.79 Å². The minimum atomic E-state index is -4.87. The molecular formula is C26H32F3N3O4. The molecule has 0 saturated carbocycles. The van der Waals surface area contributed by atoms with Crippen molar-refractivity contribution in [3.05, 3.63) is 58.7 Å². The lowest BCUT2D eigenvalue weighted by Crippen LogP contribution is -2.57. The van der Waals surface area contributed by atoms with Crippen molar-refractivity contribution in [2.45, 2.75) is 50.9 Å². The van der Waals surface area contributed by atoms with Crippen LogP contribution in [0.15, 0.2) is 36.4 Å². The summed E-state index contributed by atoms with van der Waals surface area (Å²) in [4.78, 5) is 17.1. The van der Waals surface area contributed by atoms with Gasteiger partial charge in [-0.25, -0.2) is 0 Å². The molecule has 10 heteroatoms. The molecule has 2 N–H and O–H groups in total. The number of ether oxygens (including phenoxy) is 2. The number of alkyl halides is 3. The summed E-state index contributed by atoms with van der Waals surface area (Å²) < 4.78 is 49.6. The first-order valence-electron chi connectivity index (χ1n) is 11.8. The Morgan fingerprint density at radius 2 is 1.92 bits per heavy atom. The molecule has 1 saturated heterocycles. The Morgan fingerprint density at radius 3 is 2.56 bits per heavy atom. The third kappa shape index (κ3) is 5.45. The number of rotatable bonds is 6. The van der Waals surface area contributed by atoms with E-state index in [9.17, 15) is 23.1 Å². The van der Waals surface area contributed by atoms with E-state index in [0.29, 0.717) is 35.9 Å². The van der Waals surface area contributed by atoms with Crippen molar-refractivity contribution < 1.29 is 32.5 Å². The third-order valence-electron chi connectivity index (χ3n) is 6.92. The van der Waals surface area contributed by atoms with Gasteiger partial charge in [-0.1, -0.05) is 12.1 Å². The molecule has 2 aliphatic heterocycles. The first-order valence-corrected chi connectivity index (χ1v) is 11.8. The number of hydrogen-bond donors (Lipinski definition) is 2. The summed E-state index contributed by atoms with van der Waals surface area (Å²) in [6.07, 6.45) is -5.74. The van der Waals surface area contributed by atoms with Crippen LogP contribution in [-0.4, -0.2) is 62.1 Å². The molecule has 7 nitrogen and oxygen atoms in total. The predicted octanol–water partition coefficient (Wildman–Crippen LogP) is 4.13. The summed E-state index contributed by atoms with van der Waals surface area (Å²) in [7, 11) is 3.93. The van der Waals surface area contributed by atoms with Gasteiger partial charge in [0.2, 0.25) is 0 Å². The number of amides is 1. The number of anilines is 1. The van der Waals surface area contributed by atoms with Gasteiger partial charge in [0.05, 0.1) is 18.2 Å². The molecule has 36 heavy (non-hydrogen) atoms. The van der Waals surface area contributed by atoms with Crippen molar-refractivity contribution >= 4 is 11.6 Å². The van der Waals surface area contributed by atoms with Gasteiger partial charge in [0, 0.05) is 42.0 Å². The van der Waals surface area contributed by atoms with E-state index in [0.717, 1.165) is 5.56 Å². The van der Waals surface area contributed by atoms with E-state index < -0.39 is 30.0 Å². The Labute approximate surface area is 208 Å². The molecule has 2 atom stereocenters. The van der Waals surface area contributed by atoms with Crippen molar-refractivity contribution in [3.63, 3.8) is 0 Å². The zero-order valence-corrected chi connectivity index (χ0v) is 21.0. The first kappa shape index (κ1) is 26.2. The number of aliphatic hydroxyl groups excluding tert-OH is 1. The molecule has 1 amide bonds. The summed E-state index contributed by atoms with van der Waals surface area (Å²) in [5.74, 6) is -0.818. The van der Waals surface area contributed by atoms with Crippen LogP contribution in [-0.2, 0) is 10.3 Å². The first-order chi connectivity index (χ1) is 16.7. The zero-order chi connectivity index (χ0) is 26.4. The highest BCUT2D eigenvalue weighted by Crippen LogP contribution is 2.38. The Balaban J connectivity index is 1.55. The molecule has 0 spiro atoms. The number of nitrogens with one attached hydrogen (secondary N) is 1. The molecule has 2 aliphatic rings. The normalized spacial score (nSPS) is 20.5. The molecular weight excluding hydrogens is 475 g/mol. The van der Waals surface area contributed by atoms with E-state index in [2.05, 4.69) is 15.0 Å². The van der Waals surface area contributed by atoms with E-state index in [-0.39, 0.29) is 17.9 Å². The maximum Gasteiger partial charge on any atom is 0.573 e. The lowest BCUT2D eigenvalue weighted by Gasteiger charge is -2.44. The van der Waals surface area contributed by atoms with Gasteiger partial charge in [0.1, 0.15) is 11.9 Å². The molecule has 2 aromatic rings. The smallest absolute Gasteiger partial charge is 0.405 e. The second-order valence-corrected chi connectivity index (χ2v) is 10.1. The lowest BCUT2D eigenvalue weighted by molar-refractivity contribution is -0.274. The molecule has 0 bridgehead atoms. The number of halogens is 3. The van der Waals surface area contributed by atoms with Gasteiger partial charge >= 0.3 is 6.36 Å². The number of fused-ring (bicyclic) bond motifs is 1. The number of carbonyl (C=O) groups is 1. The Kier molecular flexibility index (Phi) is 6.98. The fourth-order valence-electron chi connectivity index (χ4n) is 4.62.